The highest BCUT2D eigenvalue weighted by atomic mass is 15.5. The quantitative estimate of drug-likeness (QED) is 0.599. The molecule has 0 aliphatic carbocycles. The van der Waals surface area contributed by atoms with Crippen molar-refractivity contribution in [3.05, 3.63) is 0 Å². The largest absolute Gasteiger partial charge is 0.242 e. The molecule has 3 aliphatic heterocycles. The third-order valence-electron chi connectivity index (χ3n) is 2.07. The minimum Gasteiger partial charge on any atom is -0.213 e. The van der Waals surface area contributed by atoms with Crippen LogP contribution in [-0.2, 0) is 0 Å². The van der Waals surface area contributed by atoms with Crippen LogP contribution < -0.4 is 0 Å². The second-order valence-electron chi connectivity index (χ2n) is 2.98. The first-order valence-corrected chi connectivity index (χ1v) is 4.55. The molecular weight excluding hydrogens is 194 g/mol. The van der Waals surface area contributed by atoms with Gasteiger partial charge in [-0.15, -0.1) is 0 Å². The maximum absolute atomic E-state index is 4.26. The Morgan fingerprint density at radius 3 is 2.53 bits per heavy atom. The third-order valence-corrected chi connectivity index (χ3v) is 2.07. The van der Waals surface area contributed by atoms with Crippen LogP contribution in [-0.4, -0.2) is 41.3 Å². The van der Waals surface area contributed by atoms with Gasteiger partial charge in [0.05, 0.1) is 0 Å². The van der Waals surface area contributed by atoms with Crippen LogP contribution in [0.1, 0.15) is 13.3 Å². The molecule has 0 atom stereocenters. The van der Waals surface area contributed by atoms with E-state index in [0.29, 0.717) is 23.7 Å². The number of aliphatic imine (C=N–C) groups is 6. The van der Waals surface area contributed by atoms with Crippen molar-refractivity contribution in [3.8, 4) is 0 Å². The fourth-order valence-corrected chi connectivity index (χ4v) is 1.37. The van der Waals surface area contributed by atoms with Crippen LogP contribution >= 0.6 is 0 Å². The van der Waals surface area contributed by atoms with Crippen LogP contribution in [0.2, 0.25) is 0 Å². The monoisotopic (exact) mass is 201 g/mol. The fraction of sp³-hybridized carbons (Fsp3) is 0.250. The molecule has 7 heteroatoms. The normalized spacial score (nSPS) is 21.5. The van der Waals surface area contributed by atoms with Gasteiger partial charge in [-0.3, -0.25) is 0 Å². The predicted octanol–water partition coefficient (Wildman–Crippen LogP) is 0.262. The van der Waals surface area contributed by atoms with Gasteiger partial charge in [-0.2, -0.15) is 9.98 Å². The van der Waals surface area contributed by atoms with Crippen LogP contribution in [0.5, 0.6) is 0 Å². The van der Waals surface area contributed by atoms with Crippen molar-refractivity contribution in [2.45, 2.75) is 13.3 Å². The van der Waals surface area contributed by atoms with Crippen LogP contribution in [0.4, 0.5) is 0 Å². The molecule has 0 fully saturated rings. The van der Waals surface area contributed by atoms with Gasteiger partial charge in [-0.05, 0) is 0 Å². The summed E-state index contributed by atoms with van der Waals surface area (Å²) in [4.78, 5) is 26.3. The SMILES string of the molecule is CCC1=NC2=NC=NC3=NC=NC(=N1)N32. The average molecular weight is 201 g/mol. The second kappa shape index (κ2) is 2.91. The molecule has 0 radical (unpaired) electrons. The Morgan fingerprint density at radius 2 is 1.73 bits per heavy atom. The fourth-order valence-electron chi connectivity index (χ4n) is 1.37. The zero-order valence-corrected chi connectivity index (χ0v) is 7.99. The lowest BCUT2D eigenvalue weighted by molar-refractivity contribution is 0.830. The zero-order chi connectivity index (χ0) is 10.3. The van der Waals surface area contributed by atoms with E-state index in [9.17, 15) is 0 Å². The van der Waals surface area contributed by atoms with E-state index in [1.165, 1.54) is 12.7 Å². The maximum Gasteiger partial charge on any atom is 0.242 e. The van der Waals surface area contributed by atoms with Crippen LogP contribution in [0.15, 0.2) is 30.0 Å². The Kier molecular flexibility index (Phi) is 1.58. The molecule has 0 saturated heterocycles. The maximum atomic E-state index is 4.26. The molecule has 0 unspecified atom stereocenters. The van der Waals surface area contributed by atoms with Gasteiger partial charge in [-0.25, -0.2) is 24.9 Å². The average Bonchev–Trinajstić information content (AvgIpc) is 2.29. The topological polar surface area (TPSA) is 77.4 Å². The minimum absolute atomic E-state index is 0.507. The summed E-state index contributed by atoms with van der Waals surface area (Å²) in [6.07, 6.45) is 3.61. The number of guanidine groups is 3. The van der Waals surface area contributed by atoms with Gasteiger partial charge in [-0.1, -0.05) is 6.92 Å². The first kappa shape index (κ1) is 8.16. The van der Waals surface area contributed by atoms with E-state index in [4.69, 9.17) is 0 Å². The highest BCUT2D eigenvalue weighted by Gasteiger charge is 2.30. The van der Waals surface area contributed by atoms with Crippen molar-refractivity contribution in [1.29, 1.82) is 0 Å². The second-order valence-corrected chi connectivity index (χ2v) is 2.98. The van der Waals surface area contributed by atoms with E-state index in [0.717, 1.165) is 6.42 Å². The summed E-state index contributed by atoms with van der Waals surface area (Å²) in [6, 6.07) is 0. The van der Waals surface area contributed by atoms with Crippen LogP contribution in [0, 0.1) is 0 Å². The lowest BCUT2D eigenvalue weighted by Gasteiger charge is -2.27. The van der Waals surface area contributed by atoms with Gasteiger partial charge in [0, 0.05) is 6.42 Å². The molecular formula is C8H7N7. The smallest absolute Gasteiger partial charge is 0.213 e. The van der Waals surface area contributed by atoms with Crippen LogP contribution in [0.3, 0.4) is 0 Å². The Labute approximate surface area is 85.4 Å². The molecule has 3 aliphatic rings. The standard InChI is InChI=1S/C8H7N7/c1-2-5-13-7-11-3-9-6-10-4-12-8(14-5)15(6)7/h3-4H,2H2,1H3. The molecule has 0 aromatic heterocycles. The van der Waals surface area contributed by atoms with E-state index in [1.54, 1.807) is 4.90 Å². The van der Waals surface area contributed by atoms with Gasteiger partial charge in [0.25, 0.3) is 0 Å². The Morgan fingerprint density at radius 1 is 1.00 bits per heavy atom. The van der Waals surface area contributed by atoms with E-state index in [2.05, 4.69) is 30.0 Å². The summed E-state index contributed by atoms with van der Waals surface area (Å²) in [5.41, 5.74) is 0. The molecule has 0 spiro atoms. The summed E-state index contributed by atoms with van der Waals surface area (Å²) in [5.74, 6) is 2.28. The number of rotatable bonds is 1. The molecule has 7 nitrogen and oxygen atoms in total. The minimum atomic E-state index is 0.507. The van der Waals surface area contributed by atoms with Crippen molar-refractivity contribution in [1.82, 2.24) is 4.90 Å². The number of nitrogens with zero attached hydrogens (tertiary/aromatic N) is 7. The number of hydrogen-bond acceptors (Lipinski definition) is 7. The summed E-state index contributed by atoms with van der Waals surface area (Å²) in [6.45, 7) is 1.98. The van der Waals surface area contributed by atoms with E-state index in [1.807, 2.05) is 6.92 Å². The summed E-state index contributed by atoms with van der Waals surface area (Å²) in [7, 11) is 0. The van der Waals surface area contributed by atoms with Crippen molar-refractivity contribution in [3.63, 3.8) is 0 Å². The summed E-state index contributed by atoms with van der Waals surface area (Å²) < 4.78 is 0. The molecule has 15 heavy (non-hydrogen) atoms. The highest BCUT2D eigenvalue weighted by molar-refractivity contribution is 6.27. The van der Waals surface area contributed by atoms with Crippen molar-refractivity contribution in [2.75, 3.05) is 0 Å². The van der Waals surface area contributed by atoms with Crippen molar-refractivity contribution < 1.29 is 0 Å². The highest BCUT2D eigenvalue weighted by Crippen LogP contribution is 2.14. The number of amidine groups is 1. The van der Waals surface area contributed by atoms with Crippen LogP contribution in [0.25, 0.3) is 0 Å². The first-order chi connectivity index (χ1) is 7.38. The van der Waals surface area contributed by atoms with Gasteiger partial charge >= 0.3 is 0 Å². The van der Waals surface area contributed by atoms with E-state index >= 15 is 0 Å². The summed E-state index contributed by atoms with van der Waals surface area (Å²) >= 11 is 0. The summed E-state index contributed by atoms with van der Waals surface area (Å²) in [5, 5.41) is 0. The number of hydrogen-bond donors (Lipinski definition) is 0. The van der Waals surface area contributed by atoms with E-state index < -0.39 is 0 Å². The molecule has 3 heterocycles. The molecule has 0 N–H and O–H groups in total. The molecule has 74 valence electrons. The van der Waals surface area contributed by atoms with Crippen molar-refractivity contribution in [2.24, 2.45) is 30.0 Å². The zero-order valence-electron chi connectivity index (χ0n) is 7.99. The van der Waals surface area contributed by atoms with Gasteiger partial charge in [0.1, 0.15) is 18.5 Å². The third kappa shape index (κ3) is 1.13. The Hall–Kier alpha value is -2.18. The van der Waals surface area contributed by atoms with Gasteiger partial charge < -0.3 is 0 Å². The predicted molar refractivity (Wildman–Crippen MR) is 58.9 cm³/mol. The molecule has 3 rings (SSSR count). The van der Waals surface area contributed by atoms with Gasteiger partial charge in [0.2, 0.25) is 17.9 Å². The lowest BCUT2D eigenvalue weighted by atomic mass is 10.4. The first-order valence-electron chi connectivity index (χ1n) is 4.55. The van der Waals surface area contributed by atoms with E-state index in [-0.39, 0.29) is 0 Å². The molecule has 0 amide bonds. The van der Waals surface area contributed by atoms with Gasteiger partial charge in [0.15, 0.2) is 0 Å². The lowest BCUT2D eigenvalue weighted by Crippen LogP contribution is -2.45. The molecule has 0 aromatic rings. The Bertz CT molecular complexity index is 489. The molecule has 0 aromatic carbocycles. The molecule has 0 bridgehead atoms. The van der Waals surface area contributed by atoms with Crippen molar-refractivity contribution >= 4 is 36.4 Å². The molecule has 0 saturated carbocycles. The Balaban J connectivity index is 2.16.